The molecule has 1 aliphatic rings. The molecule has 2 N–H and O–H groups in total. The van der Waals surface area contributed by atoms with Crippen LogP contribution in [0.4, 0.5) is 0 Å². The zero-order valence-electron chi connectivity index (χ0n) is 8.84. The number of amides is 1. The molecule has 1 fully saturated rings. The molecular formula is C10H20N2O2. The molecule has 1 unspecified atom stereocenters. The second kappa shape index (κ2) is 6.79. The van der Waals surface area contributed by atoms with Gasteiger partial charge in [0.25, 0.3) is 0 Å². The van der Waals surface area contributed by atoms with Crippen LogP contribution in [0.5, 0.6) is 0 Å². The Labute approximate surface area is 85.4 Å². The van der Waals surface area contributed by atoms with Gasteiger partial charge in [0.15, 0.2) is 0 Å². The summed E-state index contributed by atoms with van der Waals surface area (Å²) in [6.07, 6.45) is 4.22. The van der Waals surface area contributed by atoms with Crippen LogP contribution in [0.3, 0.4) is 0 Å². The van der Waals surface area contributed by atoms with Crippen LogP contribution in [-0.4, -0.2) is 38.8 Å². The van der Waals surface area contributed by atoms with Gasteiger partial charge >= 0.3 is 0 Å². The fourth-order valence-corrected chi connectivity index (χ4v) is 1.58. The largest absolute Gasteiger partial charge is 0.379 e. The van der Waals surface area contributed by atoms with E-state index < -0.39 is 0 Å². The summed E-state index contributed by atoms with van der Waals surface area (Å²) in [5.74, 6) is 0.0432. The summed E-state index contributed by atoms with van der Waals surface area (Å²) < 4.78 is 5.42. The van der Waals surface area contributed by atoms with Crippen molar-refractivity contribution in [3.05, 3.63) is 0 Å². The lowest BCUT2D eigenvalue weighted by Gasteiger charge is -2.23. The first kappa shape index (κ1) is 11.5. The van der Waals surface area contributed by atoms with Crippen LogP contribution in [0.2, 0.25) is 0 Å². The topological polar surface area (TPSA) is 50.4 Å². The van der Waals surface area contributed by atoms with Crippen LogP contribution < -0.4 is 10.6 Å². The molecule has 1 heterocycles. The third-order valence-corrected chi connectivity index (χ3v) is 2.48. The zero-order chi connectivity index (χ0) is 10.2. The van der Waals surface area contributed by atoms with Gasteiger partial charge < -0.3 is 15.4 Å². The number of nitrogens with one attached hydrogen (secondary N) is 2. The summed E-state index contributed by atoms with van der Waals surface area (Å²) in [7, 11) is 1.64. The smallest absolute Gasteiger partial charge is 0.222 e. The van der Waals surface area contributed by atoms with Crippen LogP contribution in [-0.2, 0) is 9.53 Å². The number of hydrogen-bond donors (Lipinski definition) is 2. The molecule has 0 aromatic rings. The van der Waals surface area contributed by atoms with Crippen LogP contribution in [0, 0.1) is 0 Å². The van der Waals surface area contributed by atoms with Crippen LogP contribution in [0.1, 0.15) is 25.7 Å². The summed E-state index contributed by atoms with van der Waals surface area (Å²) in [6, 6.07) is 0.494. The molecule has 1 rings (SSSR count). The number of hydrogen-bond acceptors (Lipinski definition) is 3. The highest BCUT2D eigenvalue weighted by atomic mass is 16.5. The predicted octanol–water partition coefficient (Wildman–Crippen LogP) is 0.281. The Kier molecular flexibility index (Phi) is 5.56. The second-order valence-electron chi connectivity index (χ2n) is 3.64. The van der Waals surface area contributed by atoms with E-state index in [2.05, 4.69) is 10.6 Å². The molecule has 1 atom stereocenters. The van der Waals surface area contributed by atoms with Gasteiger partial charge in [-0.3, -0.25) is 4.79 Å². The SMILES string of the molecule is CNC(=O)CCOCC1CCCCN1. The number of rotatable bonds is 5. The molecule has 0 radical (unpaired) electrons. The predicted molar refractivity (Wildman–Crippen MR) is 55.1 cm³/mol. The maximum Gasteiger partial charge on any atom is 0.222 e. The molecule has 4 nitrogen and oxygen atoms in total. The minimum absolute atomic E-state index is 0.0432. The van der Waals surface area contributed by atoms with Gasteiger partial charge in [0.05, 0.1) is 13.2 Å². The normalized spacial score (nSPS) is 21.9. The van der Waals surface area contributed by atoms with Crippen LogP contribution >= 0.6 is 0 Å². The third kappa shape index (κ3) is 4.58. The van der Waals surface area contributed by atoms with E-state index in [1.807, 2.05) is 0 Å². The lowest BCUT2D eigenvalue weighted by Crippen LogP contribution is -2.37. The average molecular weight is 200 g/mol. The zero-order valence-corrected chi connectivity index (χ0v) is 8.84. The van der Waals surface area contributed by atoms with Crippen molar-refractivity contribution in [2.24, 2.45) is 0 Å². The van der Waals surface area contributed by atoms with E-state index in [0.717, 1.165) is 13.2 Å². The van der Waals surface area contributed by atoms with Gasteiger partial charge in [0, 0.05) is 19.5 Å². The van der Waals surface area contributed by atoms with Gasteiger partial charge in [-0.1, -0.05) is 6.42 Å². The molecule has 0 bridgehead atoms. The number of carbonyl (C=O) groups excluding carboxylic acids is 1. The minimum atomic E-state index is 0.0432. The second-order valence-corrected chi connectivity index (χ2v) is 3.64. The fourth-order valence-electron chi connectivity index (χ4n) is 1.58. The van der Waals surface area contributed by atoms with Crippen molar-refractivity contribution in [3.63, 3.8) is 0 Å². The standard InChI is InChI=1S/C10H20N2O2/c1-11-10(13)5-7-14-8-9-4-2-3-6-12-9/h9,12H,2-8H2,1H3,(H,11,13). The van der Waals surface area contributed by atoms with Gasteiger partial charge in [0.1, 0.15) is 0 Å². The molecule has 1 aliphatic heterocycles. The lowest BCUT2D eigenvalue weighted by molar-refractivity contribution is -0.121. The summed E-state index contributed by atoms with van der Waals surface area (Å²) in [6.45, 7) is 2.36. The Morgan fingerprint density at radius 3 is 3.07 bits per heavy atom. The van der Waals surface area contributed by atoms with Crippen molar-refractivity contribution >= 4 is 5.91 Å². The number of piperidine rings is 1. The van der Waals surface area contributed by atoms with Crippen molar-refractivity contribution < 1.29 is 9.53 Å². The van der Waals surface area contributed by atoms with Crippen molar-refractivity contribution in [2.75, 3.05) is 26.8 Å². The van der Waals surface area contributed by atoms with Gasteiger partial charge in [-0.05, 0) is 19.4 Å². The number of carbonyl (C=O) groups is 1. The first-order chi connectivity index (χ1) is 6.83. The first-order valence-electron chi connectivity index (χ1n) is 5.34. The number of ether oxygens (including phenoxy) is 1. The van der Waals surface area contributed by atoms with Gasteiger partial charge in [-0.2, -0.15) is 0 Å². The van der Waals surface area contributed by atoms with E-state index in [1.54, 1.807) is 7.05 Å². The van der Waals surface area contributed by atoms with Crippen LogP contribution in [0.15, 0.2) is 0 Å². The van der Waals surface area contributed by atoms with Gasteiger partial charge in [0.2, 0.25) is 5.91 Å². The summed E-state index contributed by atoms with van der Waals surface area (Å²) in [4.78, 5) is 10.9. The highest BCUT2D eigenvalue weighted by molar-refractivity contribution is 5.75. The Hall–Kier alpha value is -0.610. The summed E-state index contributed by atoms with van der Waals surface area (Å²) in [5.41, 5.74) is 0. The first-order valence-corrected chi connectivity index (χ1v) is 5.34. The molecule has 82 valence electrons. The summed E-state index contributed by atoms with van der Waals surface area (Å²) in [5, 5.41) is 5.96. The third-order valence-electron chi connectivity index (χ3n) is 2.48. The monoisotopic (exact) mass is 200 g/mol. The van der Waals surface area contributed by atoms with Crippen molar-refractivity contribution in [1.29, 1.82) is 0 Å². The van der Waals surface area contributed by atoms with Crippen molar-refractivity contribution in [1.82, 2.24) is 10.6 Å². The fraction of sp³-hybridized carbons (Fsp3) is 0.900. The maximum absolute atomic E-state index is 10.9. The van der Waals surface area contributed by atoms with E-state index in [9.17, 15) is 4.79 Å². The van der Waals surface area contributed by atoms with Gasteiger partial charge in [-0.15, -0.1) is 0 Å². The lowest BCUT2D eigenvalue weighted by atomic mass is 10.1. The highest BCUT2D eigenvalue weighted by Crippen LogP contribution is 2.06. The quantitative estimate of drug-likeness (QED) is 0.627. The molecular weight excluding hydrogens is 180 g/mol. The van der Waals surface area contributed by atoms with Crippen molar-refractivity contribution in [3.8, 4) is 0 Å². The molecule has 14 heavy (non-hydrogen) atoms. The molecule has 0 aliphatic carbocycles. The van der Waals surface area contributed by atoms with E-state index in [1.165, 1.54) is 19.3 Å². The van der Waals surface area contributed by atoms with E-state index in [0.29, 0.717) is 19.1 Å². The highest BCUT2D eigenvalue weighted by Gasteiger charge is 2.12. The molecule has 0 aromatic carbocycles. The minimum Gasteiger partial charge on any atom is -0.379 e. The van der Waals surface area contributed by atoms with E-state index >= 15 is 0 Å². The Bertz CT molecular complexity index is 168. The van der Waals surface area contributed by atoms with E-state index in [4.69, 9.17) is 4.74 Å². The molecule has 0 saturated carbocycles. The molecule has 4 heteroatoms. The molecule has 1 amide bonds. The van der Waals surface area contributed by atoms with Gasteiger partial charge in [-0.25, -0.2) is 0 Å². The maximum atomic E-state index is 10.9. The Morgan fingerprint density at radius 2 is 2.43 bits per heavy atom. The van der Waals surface area contributed by atoms with E-state index in [-0.39, 0.29) is 5.91 Å². The van der Waals surface area contributed by atoms with Crippen molar-refractivity contribution in [2.45, 2.75) is 31.7 Å². The van der Waals surface area contributed by atoms with Crippen LogP contribution in [0.25, 0.3) is 0 Å². The molecule has 0 aromatic heterocycles. The average Bonchev–Trinajstić information content (AvgIpc) is 2.25. The summed E-state index contributed by atoms with van der Waals surface area (Å²) >= 11 is 0. The molecule has 0 spiro atoms. The Balaban J connectivity index is 1.94. The Morgan fingerprint density at radius 1 is 1.57 bits per heavy atom. The molecule has 1 saturated heterocycles.